The molecule has 0 radical (unpaired) electrons. The standard InChI is InChI=1S/C36H43N5O5/c1-4-27(5-2)38-36(44)39-28-8-13-32(14-9-28)46-33-15-10-29(22-34(33)45-3)37-35(43)26-6-11-30(12-7-26)41-21-16-25(24-41)23-40-19-17-31(42)18-20-40/h6-16,21-22,24,27,31,42H,4-5,17-20,23H2,1-3H3,(H,37,43)(H2,38,39,44). The summed E-state index contributed by atoms with van der Waals surface area (Å²) in [5.74, 6) is 1.28. The number of carbonyl (C=O) groups excluding carboxylic acids is 2. The summed E-state index contributed by atoms with van der Waals surface area (Å²) in [6.07, 6.45) is 7.35. The highest BCUT2D eigenvalue weighted by atomic mass is 16.5. The number of likely N-dealkylation sites (tertiary alicyclic amines) is 1. The lowest BCUT2D eigenvalue weighted by Gasteiger charge is -2.29. The van der Waals surface area contributed by atoms with E-state index in [4.69, 9.17) is 9.47 Å². The van der Waals surface area contributed by atoms with Crippen LogP contribution >= 0.6 is 0 Å². The maximum atomic E-state index is 13.0. The zero-order valence-electron chi connectivity index (χ0n) is 26.7. The van der Waals surface area contributed by atoms with E-state index in [1.807, 2.05) is 32.2 Å². The zero-order valence-corrected chi connectivity index (χ0v) is 26.7. The van der Waals surface area contributed by atoms with E-state index in [-0.39, 0.29) is 24.1 Å². The summed E-state index contributed by atoms with van der Waals surface area (Å²) >= 11 is 0. The van der Waals surface area contributed by atoms with Gasteiger partial charge >= 0.3 is 6.03 Å². The Balaban J connectivity index is 1.15. The normalized spacial score (nSPS) is 13.8. The monoisotopic (exact) mass is 625 g/mol. The minimum atomic E-state index is -0.237. The average molecular weight is 626 g/mol. The van der Waals surface area contributed by atoms with Crippen LogP contribution in [0.5, 0.6) is 17.2 Å². The van der Waals surface area contributed by atoms with Gasteiger partial charge in [0.25, 0.3) is 5.91 Å². The van der Waals surface area contributed by atoms with Crippen molar-refractivity contribution in [2.45, 2.75) is 58.2 Å². The molecule has 1 saturated heterocycles. The highest BCUT2D eigenvalue weighted by molar-refractivity contribution is 6.04. The average Bonchev–Trinajstić information content (AvgIpc) is 3.54. The van der Waals surface area contributed by atoms with Gasteiger partial charge in [0.05, 0.1) is 13.2 Å². The van der Waals surface area contributed by atoms with Gasteiger partial charge in [0.1, 0.15) is 5.75 Å². The lowest BCUT2D eigenvalue weighted by molar-refractivity contribution is 0.0792. The Morgan fingerprint density at radius 3 is 2.26 bits per heavy atom. The van der Waals surface area contributed by atoms with Gasteiger partial charge in [-0.25, -0.2) is 4.79 Å². The maximum absolute atomic E-state index is 13.0. The first kappa shape index (κ1) is 32.6. The molecule has 0 saturated carbocycles. The molecule has 3 aromatic carbocycles. The second-order valence-corrected chi connectivity index (χ2v) is 11.5. The van der Waals surface area contributed by atoms with Crippen molar-refractivity contribution in [1.29, 1.82) is 0 Å². The molecule has 10 nitrogen and oxygen atoms in total. The summed E-state index contributed by atoms with van der Waals surface area (Å²) in [5.41, 5.74) is 3.94. The number of hydrogen-bond acceptors (Lipinski definition) is 6. The Kier molecular flexibility index (Phi) is 11.0. The fraction of sp³-hybridized carbons (Fsp3) is 0.333. The van der Waals surface area contributed by atoms with Crippen LogP contribution in [-0.2, 0) is 6.54 Å². The third-order valence-corrected chi connectivity index (χ3v) is 8.23. The van der Waals surface area contributed by atoms with Crippen LogP contribution in [0.15, 0.2) is 85.2 Å². The fourth-order valence-electron chi connectivity index (χ4n) is 5.43. The molecular formula is C36H43N5O5. The largest absolute Gasteiger partial charge is 0.493 e. The third-order valence-electron chi connectivity index (χ3n) is 8.23. The Hall–Kier alpha value is -4.80. The van der Waals surface area contributed by atoms with E-state index >= 15 is 0 Å². The molecule has 4 aromatic rings. The Morgan fingerprint density at radius 1 is 0.891 bits per heavy atom. The number of amides is 3. The number of nitrogens with zero attached hydrogens (tertiary/aromatic N) is 2. The van der Waals surface area contributed by atoms with Crippen molar-refractivity contribution in [1.82, 2.24) is 14.8 Å². The molecule has 1 aromatic heterocycles. The van der Waals surface area contributed by atoms with Crippen molar-refractivity contribution in [3.8, 4) is 22.9 Å². The van der Waals surface area contributed by atoms with Crippen LogP contribution in [0.1, 0.15) is 55.5 Å². The van der Waals surface area contributed by atoms with E-state index in [0.29, 0.717) is 34.2 Å². The first-order valence-corrected chi connectivity index (χ1v) is 15.9. The topological polar surface area (TPSA) is 117 Å². The molecule has 0 spiro atoms. The molecule has 242 valence electrons. The number of anilines is 2. The molecule has 0 aliphatic carbocycles. The van der Waals surface area contributed by atoms with Crippen molar-refractivity contribution in [2.24, 2.45) is 0 Å². The fourth-order valence-corrected chi connectivity index (χ4v) is 5.43. The molecule has 1 aliphatic rings. The quantitative estimate of drug-likeness (QED) is 0.138. The molecule has 1 aliphatic heterocycles. The summed E-state index contributed by atoms with van der Waals surface area (Å²) in [7, 11) is 1.54. The van der Waals surface area contributed by atoms with Gasteiger partial charge in [0.15, 0.2) is 11.5 Å². The van der Waals surface area contributed by atoms with Crippen LogP contribution in [-0.4, -0.2) is 58.9 Å². The number of urea groups is 1. The molecule has 10 heteroatoms. The van der Waals surface area contributed by atoms with Crippen LogP contribution in [0.2, 0.25) is 0 Å². The van der Waals surface area contributed by atoms with E-state index in [1.54, 1.807) is 61.7 Å². The zero-order chi connectivity index (χ0) is 32.5. The summed E-state index contributed by atoms with van der Waals surface area (Å²) in [6, 6.07) is 21.7. The smallest absolute Gasteiger partial charge is 0.319 e. The second-order valence-electron chi connectivity index (χ2n) is 11.5. The minimum absolute atomic E-state index is 0.139. The number of methoxy groups -OCH3 is 1. The van der Waals surface area contributed by atoms with E-state index < -0.39 is 0 Å². The number of benzene rings is 3. The number of hydrogen-bond donors (Lipinski definition) is 4. The van der Waals surface area contributed by atoms with Crippen molar-refractivity contribution >= 4 is 23.3 Å². The van der Waals surface area contributed by atoms with Crippen LogP contribution < -0.4 is 25.4 Å². The Morgan fingerprint density at radius 2 is 1.59 bits per heavy atom. The van der Waals surface area contributed by atoms with Gasteiger partial charge < -0.3 is 35.1 Å². The Bertz CT molecular complexity index is 1590. The van der Waals surface area contributed by atoms with Crippen LogP contribution in [0.25, 0.3) is 5.69 Å². The molecule has 5 rings (SSSR count). The second kappa shape index (κ2) is 15.5. The van der Waals surface area contributed by atoms with Crippen molar-refractivity contribution in [3.63, 3.8) is 0 Å². The predicted octanol–water partition coefficient (Wildman–Crippen LogP) is 6.80. The van der Waals surface area contributed by atoms with Gasteiger partial charge in [0, 0.05) is 66.8 Å². The number of rotatable bonds is 12. The first-order valence-electron chi connectivity index (χ1n) is 15.9. The van der Waals surface area contributed by atoms with Gasteiger partial charge in [-0.05, 0) is 98.0 Å². The first-order chi connectivity index (χ1) is 22.3. The number of ether oxygens (including phenoxy) is 2. The lowest BCUT2D eigenvalue weighted by Crippen LogP contribution is -2.37. The number of aromatic nitrogens is 1. The van der Waals surface area contributed by atoms with E-state index in [2.05, 4.69) is 37.7 Å². The number of nitrogens with one attached hydrogen (secondary N) is 3. The number of aliphatic hydroxyl groups excluding tert-OH is 1. The molecule has 2 heterocycles. The molecule has 0 atom stereocenters. The molecule has 1 fully saturated rings. The number of carbonyl (C=O) groups is 2. The van der Waals surface area contributed by atoms with Gasteiger partial charge in [-0.15, -0.1) is 0 Å². The molecule has 3 amide bonds. The van der Waals surface area contributed by atoms with E-state index in [0.717, 1.165) is 51.0 Å². The van der Waals surface area contributed by atoms with Gasteiger partial charge in [-0.2, -0.15) is 0 Å². The van der Waals surface area contributed by atoms with E-state index in [1.165, 1.54) is 5.56 Å². The van der Waals surface area contributed by atoms with Crippen LogP contribution in [0, 0.1) is 0 Å². The highest BCUT2D eigenvalue weighted by Gasteiger charge is 2.17. The Labute approximate surface area is 270 Å². The molecule has 0 bridgehead atoms. The number of aliphatic hydroxyl groups is 1. The van der Waals surface area contributed by atoms with Gasteiger partial charge in [0.2, 0.25) is 0 Å². The molecular weight excluding hydrogens is 582 g/mol. The minimum Gasteiger partial charge on any atom is -0.493 e. The maximum Gasteiger partial charge on any atom is 0.319 e. The highest BCUT2D eigenvalue weighted by Crippen LogP contribution is 2.34. The third kappa shape index (κ3) is 8.68. The van der Waals surface area contributed by atoms with Crippen molar-refractivity contribution < 1.29 is 24.2 Å². The van der Waals surface area contributed by atoms with E-state index in [9.17, 15) is 14.7 Å². The molecule has 46 heavy (non-hydrogen) atoms. The summed E-state index contributed by atoms with van der Waals surface area (Å²) in [6.45, 7) is 6.75. The summed E-state index contributed by atoms with van der Waals surface area (Å²) in [4.78, 5) is 27.6. The van der Waals surface area contributed by atoms with Gasteiger partial charge in [-0.1, -0.05) is 13.8 Å². The van der Waals surface area contributed by atoms with Gasteiger partial charge in [-0.3, -0.25) is 9.69 Å². The van der Waals surface area contributed by atoms with Crippen LogP contribution in [0.3, 0.4) is 0 Å². The van der Waals surface area contributed by atoms with Crippen LogP contribution in [0.4, 0.5) is 16.2 Å². The van der Waals surface area contributed by atoms with Crippen molar-refractivity contribution in [2.75, 3.05) is 30.8 Å². The number of piperidine rings is 1. The predicted molar refractivity (Wildman–Crippen MR) is 180 cm³/mol. The van der Waals surface area contributed by atoms with Crippen molar-refractivity contribution in [3.05, 3.63) is 96.3 Å². The molecule has 4 N–H and O–H groups in total. The summed E-state index contributed by atoms with van der Waals surface area (Å²) in [5, 5.41) is 18.5. The molecule has 0 unspecified atom stereocenters. The SMILES string of the molecule is CCC(CC)NC(=O)Nc1ccc(Oc2ccc(NC(=O)c3ccc(-n4ccc(CN5CCC(O)CC5)c4)cc3)cc2OC)cc1. The summed E-state index contributed by atoms with van der Waals surface area (Å²) < 4.78 is 13.6. The lowest BCUT2D eigenvalue weighted by atomic mass is 10.1.